The van der Waals surface area contributed by atoms with E-state index < -0.39 is 5.82 Å². The Morgan fingerprint density at radius 2 is 2.16 bits per heavy atom. The van der Waals surface area contributed by atoms with Crippen molar-refractivity contribution in [3.8, 4) is 17.5 Å². The van der Waals surface area contributed by atoms with Crippen molar-refractivity contribution >= 4 is 34.0 Å². The molecule has 0 saturated carbocycles. The van der Waals surface area contributed by atoms with Gasteiger partial charge in [-0.05, 0) is 48.3 Å². The number of thiophene rings is 1. The predicted molar refractivity (Wildman–Crippen MR) is 123 cm³/mol. The second-order valence-electron chi connectivity index (χ2n) is 8.82. The van der Waals surface area contributed by atoms with Crippen LogP contribution in [-0.4, -0.2) is 21.9 Å². The number of thioether (sulfide) groups is 1. The largest absolute Gasteiger partial charge is 0.411 e. The first-order valence-electron chi connectivity index (χ1n) is 10.3. The van der Waals surface area contributed by atoms with Crippen molar-refractivity contribution in [2.75, 3.05) is 11.1 Å². The van der Waals surface area contributed by atoms with E-state index in [0.717, 1.165) is 36.6 Å². The van der Waals surface area contributed by atoms with Gasteiger partial charge in [0, 0.05) is 4.88 Å². The number of hydrogen-bond donors (Lipinski definition) is 1. The Morgan fingerprint density at radius 3 is 2.88 bits per heavy atom. The summed E-state index contributed by atoms with van der Waals surface area (Å²) in [4.78, 5) is 13.7. The SMILES string of the molecule is CC(C)(C)C1CCc2c(sc(NC(=O)CSc3nnc(-c4ccccc4F)o3)c2C#N)C1. The van der Waals surface area contributed by atoms with Crippen LogP contribution in [-0.2, 0) is 17.6 Å². The maximum atomic E-state index is 13.9. The Bertz CT molecular complexity index is 1190. The van der Waals surface area contributed by atoms with Gasteiger partial charge in [0.2, 0.25) is 5.91 Å². The number of amides is 1. The number of nitriles is 1. The number of carbonyl (C=O) groups excluding carboxylic acids is 1. The van der Waals surface area contributed by atoms with E-state index in [1.54, 1.807) is 18.2 Å². The minimum atomic E-state index is -0.454. The van der Waals surface area contributed by atoms with Crippen LogP contribution in [0, 0.1) is 28.5 Å². The summed E-state index contributed by atoms with van der Waals surface area (Å²) < 4.78 is 19.4. The van der Waals surface area contributed by atoms with Gasteiger partial charge in [-0.3, -0.25) is 4.79 Å². The number of fused-ring (bicyclic) bond motifs is 1. The van der Waals surface area contributed by atoms with Crippen molar-refractivity contribution < 1.29 is 13.6 Å². The van der Waals surface area contributed by atoms with Gasteiger partial charge in [0.05, 0.1) is 16.9 Å². The second kappa shape index (κ2) is 9.04. The summed E-state index contributed by atoms with van der Waals surface area (Å²) in [7, 11) is 0. The number of rotatable bonds is 5. The minimum Gasteiger partial charge on any atom is -0.411 e. The number of carbonyl (C=O) groups is 1. The second-order valence-corrected chi connectivity index (χ2v) is 10.8. The van der Waals surface area contributed by atoms with E-state index in [1.807, 2.05) is 0 Å². The van der Waals surface area contributed by atoms with Crippen LogP contribution in [0.1, 0.15) is 43.2 Å². The average molecular weight is 471 g/mol. The molecule has 6 nitrogen and oxygen atoms in total. The van der Waals surface area contributed by atoms with Crippen molar-refractivity contribution in [2.45, 2.75) is 45.3 Å². The molecular formula is C23H23FN4O2S2. The van der Waals surface area contributed by atoms with Gasteiger partial charge in [-0.15, -0.1) is 21.5 Å². The summed E-state index contributed by atoms with van der Waals surface area (Å²) in [6.07, 6.45) is 2.85. The van der Waals surface area contributed by atoms with Gasteiger partial charge in [0.1, 0.15) is 16.9 Å². The molecule has 1 atom stereocenters. The molecule has 1 aromatic carbocycles. The zero-order chi connectivity index (χ0) is 22.9. The molecule has 3 aromatic rings. The fourth-order valence-corrected chi connectivity index (χ4v) is 5.69. The lowest BCUT2D eigenvalue weighted by Crippen LogP contribution is -2.26. The molecule has 2 heterocycles. The Labute approximate surface area is 194 Å². The van der Waals surface area contributed by atoms with Gasteiger partial charge in [-0.2, -0.15) is 5.26 Å². The van der Waals surface area contributed by atoms with Crippen LogP contribution in [0.2, 0.25) is 0 Å². The number of benzene rings is 1. The monoisotopic (exact) mass is 470 g/mol. The smallest absolute Gasteiger partial charge is 0.277 e. The van der Waals surface area contributed by atoms with Gasteiger partial charge in [0.15, 0.2) is 0 Å². The van der Waals surface area contributed by atoms with Gasteiger partial charge in [0.25, 0.3) is 11.1 Å². The highest BCUT2D eigenvalue weighted by atomic mass is 32.2. The topological polar surface area (TPSA) is 91.8 Å². The van der Waals surface area contributed by atoms with Crippen LogP contribution in [0.3, 0.4) is 0 Å². The number of aromatic nitrogens is 2. The van der Waals surface area contributed by atoms with Crippen LogP contribution < -0.4 is 5.32 Å². The Kier molecular flexibility index (Phi) is 6.35. The molecule has 32 heavy (non-hydrogen) atoms. The predicted octanol–water partition coefficient (Wildman–Crippen LogP) is 5.69. The first-order valence-corrected chi connectivity index (χ1v) is 12.1. The third-order valence-electron chi connectivity index (χ3n) is 5.69. The normalized spacial score (nSPS) is 15.8. The molecule has 1 aliphatic carbocycles. The summed E-state index contributed by atoms with van der Waals surface area (Å²) in [5.74, 6) is -0.0535. The van der Waals surface area contributed by atoms with E-state index in [0.29, 0.717) is 16.5 Å². The lowest BCUT2D eigenvalue weighted by atomic mass is 9.72. The Hall–Kier alpha value is -2.70. The highest BCUT2D eigenvalue weighted by molar-refractivity contribution is 7.99. The lowest BCUT2D eigenvalue weighted by Gasteiger charge is -2.33. The molecule has 1 N–H and O–H groups in total. The Morgan fingerprint density at radius 1 is 1.38 bits per heavy atom. The van der Waals surface area contributed by atoms with Crippen molar-refractivity contribution in [1.29, 1.82) is 5.26 Å². The standard InChI is InChI=1S/C23H23FN4O2S2/c1-23(2,3)13-8-9-14-16(11-25)21(32-18(14)10-13)26-19(29)12-31-22-28-27-20(30-22)15-6-4-5-7-17(15)24/h4-7,13H,8-10,12H2,1-3H3,(H,26,29). The number of nitrogens with zero attached hydrogens (tertiary/aromatic N) is 3. The molecule has 0 aliphatic heterocycles. The fraction of sp³-hybridized carbons (Fsp3) is 0.391. The summed E-state index contributed by atoms with van der Waals surface area (Å²) in [6.45, 7) is 6.74. The van der Waals surface area contributed by atoms with Gasteiger partial charge >= 0.3 is 0 Å². The van der Waals surface area contributed by atoms with Crippen LogP contribution in [0.5, 0.6) is 0 Å². The van der Waals surface area contributed by atoms with E-state index in [4.69, 9.17) is 4.42 Å². The minimum absolute atomic E-state index is 0.0386. The van der Waals surface area contributed by atoms with Crippen molar-refractivity contribution in [1.82, 2.24) is 10.2 Å². The van der Waals surface area contributed by atoms with E-state index >= 15 is 0 Å². The molecule has 0 saturated heterocycles. The number of nitrogens with one attached hydrogen (secondary N) is 1. The summed E-state index contributed by atoms with van der Waals surface area (Å²) in [5, 5.41) is 21.1. The third kappa shape index (κ3) is 4.71. The quantitative estimate of drug-likeness (QED) is 0.482. The highest BCUT2D eigenvalue weighted by Crippen LogP contribution is 2.44. The Balaban J connectivity index is 1.41. The van der Waals surface area contributed by atoms with Crippen LogP contribution in [0.15, 0.2) is 33.9 Å². The van der Waals surface area contributed by atoms with Crippen LogP contribution >= 0.6 is 23.1 Å². The number of halogens is 1. The first-order chi connectivity index (χ1) is 15.3. The lowest BCUT2D eigenvalue weighted by molar-refractivity contribution is -0.113. The molecule has 0 bridgehead atoms. The van der Waals surface area contributed by atoms with Crippen molar-refractivity contribution in [2.24, 2.45) is 11.3 Å². The van der Waals surface area contributed by atoms with Crippen LogP contribution in [0.4, 0.5) is 9.39 Å². The van der Waals surface area contributed by atoms with Gasteiger partial charge in [-0.25, -0.2) is 4.39 Å². The molecule has 9 heteroatoms. The molecular weight excluding hydrogens is 447 g/mol. The zero-order valence-corrected chi connectivity index (χ0v) is 19.7. The van der Waals surface area contributed by atoms with E-state index in [-0.39, 0.29) is 33.8 Å². The molecule has 166 valence electrons. The number of hydrogen-bond acceptors (Lipinski definition) is 7. The third-order valence-corrected chi connectivity index (χ3v) is 7.68. The average Bonchev–Trinajstić information content (AvgIpc) is 3.35. The van der Waals surface area contributed by atoms with E-state index in [2.05, 4.69) is 42.4 Å². The summed E-state index contributed by atoms with van der Waals surface area (Å²) in [5.41, 5.74) is 2.08. The molecule has 1 aliphatic rings. The maximum absolute atomic E-state index is 13.9. The van der Waals surface area contributed by atoms with Gasteiger partial charge < -0.3 is 9.73 Å². The summed E-state index contributed by atoms with van der Waals surface area (Å²) >= 11 is 2.57. The fourth-order valence-electron chi connectivity index (χ4n) is 3.83. The first kappa shape index (κ1) is 22.5. The molecule has 0 spiro atoms. The maximum Gasteiger partial charge on any atom is 0.277 e. The molecule has 1 amide bonds. The van der Waals surface area contributed by atoms with E-state index in [1.165, 1.54) is 22.3 Å². The van der Waals surface area contributed by atoms with Crippen molar-refractivity contribution in [3.63, 3.8) is 0 Å². The molecule has 0 radical (unpaired) electrons. The zero-order valence-electron chi connectivity index (χ0n) is 18.1. The molecule has 2 aromatic heterocycles. The molecule has 1 unspecified atom stereocenters. The van der Waals surface area contributed by atoms with Gasteiger partial charge in [-0.1, -0.05) is 44.7 Å². The molecule has 4 rings (SSSR count). The van der Waals surface area contributed by atoms with E-state index in [9.17, 15) is 14.4 Å². The van der Waals surface area contributed by atoms with Crippen molar-refractivity contribution in [3.05, 3.63) is 46.1 Å². The number of anilines is 1. The molecule has 0 fully saturated rings. The van der Waals surface area contributed by atoms with Crippen LogP contribution in [0.25, 0.3) is 11.5 Å². The highest BCUT2D eigenvalue weighted by Gasteiger charge is 2.32. The summed E-state index contributed by atoms with van der Waals surface area (Å²) in [6, 6.07) is 8.40.